The Labute approximate surface area is 525 Å². The van der Waals surface area contributed by atoms with Crippen molar-refractivity contribution in [3.63, 3.8) is 0 Å². The lowest BCUT2D eigenvalue weighted by molar-refractivity contribution is -0.147. The molecule has 0 spiro atoms. The van der Waals surface area contributed by atoms with Gasteiger partial charge in [-0.15, -0.1) is 11.8 Å². The maximum atomic E-state index is 14.0. The Bertz CT molecular complexity index is 3640. The first-order chi connectivity index (χ1) is 43.6. The molecular formula is C55H67N17O19S. The van der Waals surface area contributed by atoms with Crippen molar-refractivity contribution in [1.29, 1.82) is 5.41 Å². The van der Waals surface area contributed by atoms with E-state index in [1.54, 1.807) is 6.92 Å². The number of nitrogen functional groups attached to an aromatic ring is 1. The first-order valence-electron chi connectivity index (χ1n) is 28.3. The second kappa shape index (κ2) is 29.8. The number of benzene rings is 1. The molecule has 92 heavy (non-hydrogen) atoms. The predicted molar refractivity (Wildman–Crippen MR) is 318 cm³/mol. The van der Waals surface area contributed by atoms with E-state index in [0.717, 1.165) is 16.7 Å². The van der Waals surface area contributed by atoms with Gasteiger partial charge in [0, 0.05) is 67.6 Å². The number of nitrogens with two attached hydrogens (primary N) is 3. The number of nitrogens with zero attached hydrogens (tertiary/aromatic N) is 6. The number of rotatable bonds is 31. The van der Waals surface area contributed by atoms with Crippen molar-refractivity contribution in [3.8, 4) is 0 Å². The Hall–Kier alpha value is -10.6. The van der Waals surface area contributed by atoms with Crippen molar-refractivity contribution >= 4 is 118 Å². The van der Waals surface area contributed by atoms with Crippen LogP contribution < -0.4 is 54.7 Å². The number of carbonyl (C=O) groups excluding carboxylic acids is 11. The SMILES string of the molecule is COC1=C(C)C(=O)C2=C(C1=O)[C@H](COC(N)=O)[C@]1(OC)[C@@H](C)N(C(=O)CCN3C(=O)CC(SC[C@H](C=O)NC(=O)[C@@H](CC(=O)O)NC(=O)[C@@H](CCCNC(=N)N)NC(=O)CC[C@@H](NC(=O)c4ccc(NCc5cnc6nc(N)[nH]c(=O)c6n5)cc4)C(=O)O)C3=O)CN21. The number of thioether (sulfide) groups is 1. The number of ether oxygens (including phenoxy) is 3. The summed E-state index contributed by atoms with van der Waals surface area (Å²) in [5, 5.41) is 41.0. The van der Waals surface area contributed by atoms with E-state index in [0.29, 0.717) is 11.4 Å². The first kappa shape index (κ1) is 68.9. The number of imide groups is 1. The highest BCUT2D eigenvalue weighted by molar-refractivity contribution is 8.00. The summed E-state index contributed by atoms with van der Waals surface area (Å²) in [6.07, 6.45) is -2.62. The maximum absolute atomic E-state index is 14.0. The van der Waals surface area contributed by atoms with Crippen molar-refractivity contribution < 1.29 is 86.8 Å². The zero-order valence-corrected chi connectivity index (χ0v) is 50.7. The molecule has 0 saturated carbocycles. The average Bonchev–Trinajstić information content (AvgIpc) is 1.53. The van der Waals surface area contributed by atoms with Gasteiger partial charge in [-0.25, -0.2) is 19.6 Å². The van der Waals surface area contributed by atoms with Gasteiger partial charge in [0.2, 0.25) is 53.0 Å². The number of likely N-dealkylation sites (tertiary alicyclic amines) is 1. The fourth-order valence-corrected chi connectivity index (χ4v) is 12.1. The van der Waals surface area contributed by atoms with Crippen molar-refractivity contribution in [2.45, 2.75) is 107 Å². The molecule has 1 aromatic carbocycles. The molecule has 8 amide bonds. The third kappa shape index (κ3) is 15.5. The number of amides is 8. The Morgan fingerprint density at radius 3 is 2.27 bits per heavy atom. The number of aldehydes is 1. The second-order valence-electron chi connectivity index (χ2n) is 21.3. The van der Waals surface area contributed by atoms with Gasteiger partial charge in [-0.05, 0) is 57.4 Å². The van der Waals surface area contributed by atoms with Crippen LogP contribution in [0.25, 0.3) is 11.2 Å². The summed E-state index contributed by atoms with van der Waals surface area (Å²) < 4.78 is 16.4. The molecule has 8 atom stereocenters. The first-order valence-corrected chi connectivity index (χ1v) is 29.3. The number of carboxylic acids is 2. The van der Waals surface area contributed by atoms with E-state index in [4.69, 9.17) is 36.8 Å². The molecule has 7 rings (SSSR count). The largest absolute Gasteiger partial charge is 0.492 e. The van der Waals surface area contributed by atoms with E-state index in [1.807, 2.05) is 0 Å². The number of carbonyl (C=O) groups is 13. The summed E-state index contributed by atoms with van der Waals surface area (Å²) >= 11 is 0.788. The Balaban J connectivity index is 0.913. The van der Waals surface area contributed by atoms with E-state index < -0.39 is 168 Å². The van der Waals surface area contributed by atoms with Gasteiger partial charge in [-0.2, -0.15) is 4.98 Å². The second-order valence-corrected chi connectivity index (χ2v) is 22.6. The van der Waals surface area contributed by atoms with Crippen LogP contribution in [0.4, 0.5) is 16.4 Å². The minimum absolute atomic E-state index is 0.00541. The van der Waals surface area contributed by atoms with Gasteiger partial charge in [-0.3, -0.25) is 68.0 Å². The van der Waals surface area contributed by atoms with Crippen molar-refractivity contribution in [2.24, 2.45) is 17.4 Å². The molecule has 36 nitrogen and oxygen atoms in total. The van der Waals surface area contributed by atoms with Crippen LogP contribution in [0.1, 0.15) is 74.8 Å². The lowest BCUT2D eigenvalue weighted by Gasteiger charge is -2.40. The number of allylic oxidation sites excluding steroid dienone is 2. The molecular weight excluding hydrogens is 1230 g/mol. The lowest BCUT2D eigenvalue weighted by Crippen LogP contribution is -2.56. The number of aromatic amines is 1. The minimum atomic E-state index is -1.89. The molecule has 37 heteroatoms. The number of hydrogen-bond acceptors (Lipinski definition) is 25. The highest BCUT2D eigenvalue weighted by Gasteiger charge is 2.67. The number of carboxylic acid groups (broad SMARTS) is 2. The predicted octanol–water partition coefficient (Wildman–Crippen LogP) is -3.60. The van der Waals surface area contributed by atoms with Gasteiger partial charge in [0.15, 0.2) is 28.6 Å². The molecule has 0 bridgehead atoms. The topological polar surface area (TPSA) is 545 Å². The number of Topliss-reactive ketones (excluding diaryl/α,β-unsaturated/α-hetero) is 2. The summed E-state index contributed by atoms with van der Waals surface area (Å²) in [5.74, 6) is -12.7. The molecule has 1 aliphatic carbocycles. The molecule has 3 aromatic rings. The standard InChI is InChI=1S/C55H67N17O19S/c1-24-42(79)41-39(43(80)44(24)89-3)30(21-91-54(59)88)55(90-4)25(2)71(23-72(41)55)36(75)13-15-70-37(76)17-34(50(70)85)92-22-29(20-73)64-48(83)33(16-38(77)78)67-47(82)31(6-5-14-60-52(56)57)65-35(74)12-11-32(51(86)87)66-46(81)26-7-9-27(10-8-26)61-18-28-19-62-45-40(63-28)49(84)69-53(58)68-45/h7-10,19-20,25,29-34,61H,5-6,11-18,21-23H2,1-4H3,(H2,59,88)(H,64,83)(H,65,74)(H,66,81)(H,67,82)(H,77,78)(H,86,87)(H4,56,57,60)(H3,58,62,68,69,84)/t25-,29+,30+,31-,32-,33-,34?,55-/m1/s1. The fraction of sp³-hybridized carbons (Fsp3) is 0.455. The number of aliphatic carboxylic acids is 2. The molecule has 2 fully saturated rings. The van der Waals surface area contributed by atoms with Crippen LogP contribution in [0.3, 0.4) is 0 Å². The Morgan fingerprint density at radius 2 is 1.63 bits per heavy atom. The number of ketones is 2. The zero-order chi connectivity index (χ0) is 67.5. The van der Waals surface area contributed by atoms with Gasteiger partial charge in [0.25, 0.3) is 11.5 Å². The summed E-state index contributed by atoms with van der Waals surface area (Å²) in [6.45, 7) is 1.82. The van der Waals surface area contributed by atoms with E-state index in [9.17, 15) is 77.3 Å². The number of anilines is 2. The molecule has 0 radical (unpaired) electrons. The number of guanidine groups is 1. The number of primary amides is 1. The van der Waals surface area contributed by atoms with Crippen LogP contribution in [0.15, 0.2) is 57.9 Å². The molecule has 16 N–H and O–H groups in total. The van der Waals surface area contributed by atoms with Crippen LogP contribution >= 0.6 is 11.8 Å². The van der Waals surface area contributed by atoms with E-state index >= 15 is 0 Å². The minimum Gasteiger partial charge on any atom is -0.492 e. The zero-order valence-electron chi connectivity index (χ0n) is 49.9. The summed E-state index contributed by atoms with van der Waals surface area (Å²) in [6, 6.07) is -1.63. The highest BCUT2D eigenvalue weighted by Crippen LogP contribution is 2.53. The van der Waals surface area contributed by atoms with Crippen LogP contribution in [-0.2, 0) is 73.5 Å². The highest BCUT2D eigenvalue weighted by atomic mass is 32.2. The third-order valence-electron chi connectivity index (χ3n) is 15.5. The molecule has 5 heterocycles. The number of methoxy groups -OCH3 is 2. The van der Waals surface area contributed by atoms with Crippen LogP contribution in [-0.4, -0.2) is 216 Å². The van der Waals surface area contributed by atoms with Gasteiger partial charge >= 0.3 is 18.0 Å². The molecule has 2 saturated heterocycles. The van der Waals surface area contributed by atoms with Crippen molar-refractivity contribution in [1.82, 2.24) is 61.2 Å². The average molecular weight is 1300 g/mol. The van der Waals surface area contributed by atoms with Crippen molar-refractivity contribution in [3.05, 3.63) is 74.7 Å². The molecule has 4 aliphatic rings. The molecule has 1 unspecified atom stereocenters. The van der Waals surface area contributed by atoms with Gasteiger partial charge in [0.05, 0.1) is 67.6 Å². The summed E-state index contributed by atoms with van der Waals surface area (Å²) in [7, 11) is 2.50. The fourth-order valence-electron chi connectivity index (χ4n) is 11.0. The van der Waals surface area contributed by atoms with E-state index in [2.05, 4.69) is 51.8 Å². The van der Waals surface area contributed by atoms with Gasteiger partial charge < -0.3 is 88.1 Å². The van der Waals surface area contributed by atoms with Gasteiger partial charge in [-0.1, -0.05) is 0 Å². The number of hydrogen-bond donors (Lipinski definition) is 13. The summed E-state index contributed by atoms with van der Waals surface area (Å²) in [4.78, 5) is 202. The summed E-state index contributed by atoms with van der Waals surface area (Å²) in [5.41, 5.74) is 14.7. The van der Waals surface area contributed by atoms with Crippen LogP contribution in [0.2, 0.25) is 0 Å². The third-order valence-corrected chi connectivity index (χ3v) is 16.8. The quantitative estimate of drug-likeness (QED) is 0.00739. The molecule has 492 valence electrons. The Morgan fingerprint density at radius 1 is 0.924 bits per heavy atom. The van der Waals surface area contributed by atoms with Crippen molar-refractivity contribution in [2.75, 3.05) is 57.4 Å². The maximum Gasteiger partial charge on any atom is 0.404 e. The number of aromatic nitrogens is 4. The lowest BCUT2D eigenvalue weighted by atomic mass is 9.82. The van der Waals surface area contributed by atoms with Gasteiger partial charge in [0.1, 0.15) is 31.0 Å². The van der Waals surface area contributed by atoms with Crippen LogP contribution in [0, 0.1) is 11.3 Å². The Kier molecular flexibility index (Phi) is 22.3. The monoisotopic (exact) mass is 1300 g/mol. The number of H-pyrrole nitrogens is 1. The smallest absolute Gasteiger partial charge is 0.404 e. The van der Waals surface area contributed by atoms with E-state index in [-0.39, 0.29) is 96.3 Å². The molecule has 2 aromatic heterocycles. The molecule has 3 aliphatic heterocycles. The number of fused-ring (bicyclic) bond motifs is 3. The van der Waals surface area contributed by atoms with Crippen LogP contribution in [0.5, 0.6) is 0 Å². The normalized spacial score (nSPS) is 19.7. The van der Waals surface area contributed by atoms with E-state index in [1.165, 1.54) is 61.4 Å². The number of nitrogens with one attached hydrogen (secondary N) is 8.